The number of nitrogens with one attached hydrogen (secondary N) is 1. The third-order valence-corrected chi connectivity index (χ3v) is 0.401. The quantitative estimate of drug-likeness (QED) is 0.284. The number of rotatable bonds is 1. The lowest BCUT2D eigenvalue weighted by molar-refractivity contribution is -0.120. The molecule has 0 saturated carbocycles. The van der Waals surface area contributed by atoms with E-state index in [2.05, 4.69) is 5.84 Å². The number of halogens is 1. The zero-order chi connectivity index (χ0) is 5.70. The zero-order valence-electron chi connectivity index (χ0n) is 4.05. The van der Waals surface area contributed by atoms with Gasteiger partial charge in [0.05, 0.1) is 6.07 Å². The normalized spacial score (nSPS) is 6.00. The second kappa shape index (κ2) is 6.21. The Morgan fingerprint density at radius 1 is 1.88 bits per heavy atom. The minimum atomic E-state index is -0.456. The second-order valence-electron chi connectivity index (χ2n) is 0.902. The van der Waals surface area contributed by atoms with Gasteiger partial charge in [-0.1, -0.05) is 0 Å². The predicted octanol–water partition coefficient (Wildman–Crippen LogP) is -0.688. The molecule has 0 bridgehead atoms. The van der Waals surface area contributed by atoms with E-state index in [4.69, 9.17) is 5.26 Å². The summed E-state index contributed by atoms with van der Waals surface area (Å²) >= 11 is 0. The van der Waals surface area contributed by atoms with Crippen LogP contribution in [0.5, 0.6) is 0 Å². The molecule has 5 heteroatoms. The first-order chi connectivity index (χ1) is 3.31. The summed E-state index contributed by atoms with van der Waals surface area (Å²) in [5.41, 5.74) is 1.80. The Morgan fingerprint density at radius 2 is 2.38 bits per heavy atom. The molecule has 0 unspecified atom stereocenters. The van der Waals surface area contributed by atoms with E-state index >= 15 is 0 Å². The van der Waals surface area contributed by atoms with Gasteiger partial charge >= 0.3 is 0 Å². The van der Waals surface area contributed by atoms with E-state index in [1.165, 1.54) is 0 Å². The molecule has 0 atom stereocenters. The van der Waals surface area contributed by atoms with Crippen LogP contribution in [0.15, 0.2) is 0 Å². The number of amides is 1. The molecular formula is C3H6ClN3O. The van der Waals surface area contributed by atoms with E-state index in [-0.39, 0.29) is 18.8 Å². The Labute approximate surface area is 53.0 Å². The largest absolute Gasteiger partial charge is 0.293 e. The molecule has 4 nitrogen and oxygen atoms in total. The van der Waals surface area contributed by atoms with Gasteiger partial charge in [0.2, 0.25) is 5.91 Å². The number of carbonyl (C=O) groups is 1. The Hall–Kier alpha value is -0.790. The number of carbonyl (C=O) groups excluding carboxylic acids is 1. The average Bonchev–Trinajstić information content (AvgIpc) is 1.68. The van der Waals surface area contributed by atoms with Crippen LogP contribution in [0.1, 0.15) is 6.42 Å². The molecular weight excluding hydrogens is 130 g/mol. The number of nitriles is 1. The Bertz CT molecular complexity index is 108. The lowest BCUT2D eigenvalue weighted by Crippen LogP contribution is -2.29. The van der Waals surface area contributed by atoms with Crippen molar-refractivity contribution in [2.45, 2.75) is 6.42 Å². The third-order valence-electron chi connectivity index (χ3n) is 0.401. The van der Waals surface area contributed by atoms with Crippen molar-refractivity contribution in [1.29, 1.82) is 5.26 Å². The first kappa shape index (κ1) is 10.2. The van der Waals surface area contributed by atoms with Crippen molar-refractivity contribution in [1.82, 2.24) is 5.43 Å². The summed E-state index contributed by atoms with van der Waals surface area (Å²) in [7, 11) is 0. The van der Waals surface area contributed by atoms with Gasteiger partial charge in [0.15, 0.2) is 0 Å². The predicted molar refractivity (Wildman–Crippen MR) is 29.8 cm³/mol. The molecule has 0 fully saturated rings. The number of hydrogen-bond acceptors (Lipinski definition) is 3. The standard InChI is InChI=1S/C3H5N3O.ClH/c4-2-1-3(7)6-5;/h1,5H2,(H,6,7);1H. The Balaban J connectivity index is 0. The highest BCUT2D eigenvalue weighted by Crippen LogP contribution is 1.67. The summed E-state index contributed by atoms with van der Waals surface area (Å²) in [5, 5.41) is 7.80. The molecule has 0 spiro atoms. The number of hydrogen-bond donors (Lipinski definition) is 2. The molecule has 3 N–H and O–H groups in total. The highest BCUT2D eigenvalue weighted by molar-refractivity contribution is 5.85. The van der Waals surface area contributed by atoms with Gasteiger partial charge in [0, 0.05) is 0 Å². The van der Waals surface area contributed by atoms with Gasteiger partial charge in [-0.25, -0.2) is 5.84 Å². The SMILES string of the molecule is Cl.N#CCC(=O)NN. The van der Waals surface area contributed by atoms with Gasteiger partial charge < -0.3 is 0 Å². The van der Waals surface area contributed by atoms with Gasteiger partial charge in [-0.2, -0.15) is 5.26 Å². The Kier molecular flexibility index (Phi) is 7.95. The molecule has 0 aromatic heterocycles. The van der Waals surface area contributed by atoms with Crippen LogP contribution >= 0.6 is 12.4 Å². The van der Waals surface area contributed by atoms with Crippen LogP contribution in [0, 0.1) is 11.3 Å². The number of nitrogens with two attached hydrogens (primary N) is 1. The fourth-order valence-corrected chi connectivity index (χ4v) is 0.123. The second-order valence-corrected chi connectivity index (χ2v) is 0.902. The smallest absolute Gasteiger partial charge is 0.248 e. The van der Waals surface area contributed by atoms with E-state index in [1.807, 2.05) is 0 Å². The van der Waals surface area contributed by atoms with Crippen molar-refractivity contribution in [3.63, 3.8) is 0 Å². The van der Waals surface area contributed by atoms with E-state index in [0.29, 0.717) is 0 Å². The first-order valence-electron chi connectivity index (χ1n) is 1.67. The molecule has 0 radical (unpaired) electrons. The molecule has 0 heterocycles. The minimum absolute atomic E-state index is 0. The molecule has 0 aliphatic heterocycles. The molecule has 0 rings (SSSR count). The summed E-state index contributed by atoms with van der Waals surface area (Å²) in [6, 6.07) is 1.63. The first-order valence-corrected chi connectivity index (χ1v) is 1.67. The van der Waals surface area contributed by atoms with Crippen molar-refractivity contribution < 1.29 is 4.79 Å². The highest BCUT2D eigenvalue weighted by Gasteiger charge is 1.90. The van der Waals surface area contributed by atoms with Gasteiger partial charge in [-0.15, -0.1) is 12.4 Å². The summed E-state index contributed by atoms with van der Waals surface area (Å²) < 4.78 is 0. The monoisotopic (exact) mass is 135 g/mol. The van der Waals surface area contributed by atoms with Crippen LogP contribution in [0.25, 0.3) is 0 Å². The summed E-state index contributed by atoms with van der Waals surface area (Å²) in [5.74, 6) is 4.15. The van der Waals surface area contributed by atoms with Crippen LogP contribution in [-0.4, -0.2) is 5.91 Å². The Morgan fingerprint density at radius 3 is 2.50 bits per heavy atom. The molecule has 0 aromatic rings. The minimum Gasteiger partial charge on any atom is -0.293 e. The highest BCUT2D eigenvalue weighted by atomic mass is 35.5. The molecule has 46 valence electrons. The van der Waals surface area contributed by atoms with Crippen molar-refractivity contribution in [2.75, 3.05) is 0 Å². The maximum absolute atomic E-state index is 9.95. The lowest BCUT2D eigenvalue weighted by Gasteiger charge is -1.85. The van der Waals surface area contributed by atoms with Crippen molar-refractivity contribution in [3.05, 3.63) is 0 Å². The van der Waals surface area contributed by atoms with Gasteiger partial charge in [-0.05, 0) is 0 Å². The van der Waals surface area contributed by atoms with E-state index < -0.39 is 5.91 Å². The van der Waals surface area contributed by atoms with Crippen LogP contribution in [-0.2, 0) is 4.79 Å². The summed E-state index contributed by atoms with van der Waals surface area (Å²) in [6.07, 6.45) is -0.170. The van der Waals surface area contributed by atoms with Crippen LogP contribution < -0.4 is 11.3 Å². The van der Waals surface area contributed by atoms with Crippen molar-refractivity contribution >= 4 is 18.3 Å². The molecule has 0 saturated heterocycles. The van der Waals surface area contributed by atoms with Crippen LogP contribution in [0.4, 0.5) is 0 Å². The number of nitrogens with zero attached hydrogens (tertiary/aromatic N) is 1. The molecule has 0 aliphatic carbocycles. The van der Waals surface area contributed by atoms with E-state index in [1.54, 1.807) is 11.5 Å². The maximum Gasteiger partial charge on any atom is 0.248 e. The summed E-state index contributed by atoms with van der Waals surface area (Å²) in [6.45, 7) is 0. The van der Waals surface area contributed by atoms with Crippen molar-refractivity contribution in [2.24, 2.45) is 5.84 Å². The fourth-order valence-electron chi connectivity index (χ4n) is 0.123. The zero-order valence-corrected chi connectivity index (χ0v) is 4.86. The number of hydrazine groups is 1. The van der Waals surface area contributed by atoms with Gasteiger partial charge in [0.1, 0.15) is 6.42 Å². The maximum atomic E-state index is 9.95. The fraction of sp³-hybridized carbons (Fsp3) is 0.333. The molecule has 0 aromatic carbocycles. The van der Waals surface area contributed by atoms with Crippen LogP contribution in [0.2, 0.25) is 0 Å². The summed E-state index contributed by atoms with van der Waals surface area (Å²) in [4.78, 5) is 9.95. The topological polar surface area (TPSA) is 78.9 Å². The average molecular weight is 136 g/mol. The third kappa shape index (κ3) is 5.21. The van der Waals surface area contributed by atoms with E-state index in [9.17, 15) is 4.79 Å². The van der Waals surface area contributed by atoms with Crippen LogP contribution in [0.3, 0.4) is 0 Å². The van der Waals surface area contributed by atoms with Crippen molar-refractivity contribution in [3.8, 4) is 6.07 Å². The molecule has 0 aliphatic rings. The van der Waals surface area contributed by atoms with Gasteiger partial charge in [0.25, 0.3) is 0 Å². The van der Waals surface area contributed by atoms with E-state index in [0.717, 1.165) is 0 Å². The molecule has 8 heavy (non-hydrogen) atoms. The molecule has 1 amide bonds. The lowest BCUT2D eigenvalue weighted by atomic mass is 10.5. The van der Waals surface area contributed by atoms with Gasteiger partial charge in [-0.3, -0.25) is 10.2 Å².